The zero-order chi connectivity index (χ0) is 23.5. The molecule has 2 unspecified atom stereocenters. The first kappa shape index (κ1) is 22.4. The van der Waals surface area contributed by atoms with Crippen molar-refractivity contribution in [3.8, 4) is 5.75 Å². The Morgan fingerprint density at radius 3 is 2.73 bits per heavy atom. The van der Waals surface area contributed by atoms with Gasteiger partial charge in [0.05, 0.1) is 18.3 Å². The predicted octanol–water partition coefficient (Wildman–Crippen LogP) is 4.12. The van der Waals surface area contributed by atoms with Crippen molar-refractivity contribution in [2.75, 3.05) is 13.2 Å². The number of nitrogens with zero attached hydrogens (tertiary/aromatic N) is 1. The van der Waals surface area contributed by atoms with Crippen LogP contribution in [-0.4, -0.2) is 52.3 Å². The van der Waals surface area contributed by atoms with E-state index in [1.165, 1.54) is 11.6 Å². The number of allylic oxidation sites excluding steroid dienone is 2. The molecule has 1 aliphatic heterocycles. The Balaban J connectivity index is 1.39. The predicted molar refractivity (Wildman–Crippen MR) is 120 cm³/mol. The number of hydrogen-bond acceptors (Lipinski definition) is 4. The largest absolute Gasteiger partial charge is 0.493 e. The van der Waals surface area contributed by atoms with Crippen LogP contribution in [0.3, 0.4) is 0 Å². The second-order valence-electron chi connectivity index (χ2n) is 10.9. The van der Waals surface area contributed by atoms with Gasteiger partial charge in [0.15, 0.2) is 0 Å². The van der Waals surface area contributed by atoms with Gasteiger partial charge in [0.25, 0.3) is 5.91 Å². The maximum atomic E-state index is 15.2. The number of amides is 1. The van der Waals surface area contributed by atoms with Gasteiger partial charge >= 0.3 is 5.97 Å². The summed E-state index contributed by atoms with van der Waals surface area (Å²) in [5.41, 5.74) is 2.26. The number of carbonyl (C=O) groups excluding carboxylic acids is 1. The van der Waals surface area contributed by atoms with Crippen molar-refractivity contribution < 1.29 is 28.9 Å². The van der Waals surface area contributed by atoms with E-state index in [-0.39, 0.29) is 23.4 Å². The molecule has 5 rings (SSSR count). The highest BCUT2D eigenvalue weighted by Gasteiger charge is 2.46. The normalized spacial score (nSPS) is 33.2. The Labute approximate surface area is 193 Å². The van der Waals surface area contributed by atoms with Crippen LogP contribution in [0.1, 0.15) is 74.2 Å². The third-order valence-corrected chi connectivity index (χ3v) is 8.04. The number of likely N-dealkylation sites (tertiary alicyclic amines) is 1. The highest BCUT2D eigenvalue weighted by atomic mass is 19.1. The molecule has 3 aliphatic carbocycles. The zero-order valence-electron chi connectivity index (χ0n) is 19.2. The molecule has 0 radical (unpaired) electrons. The quantitative estimate of drug-likeness (QED) is 0.628. The lowest BCUT2D eigenvalue weighted by Gasteiger charge is -2.36. The average molecular weight is 458 g/mol. The molecule has 2 bridgehead atoms. The molecule has 178 valence electrons. The van der Waals surface area contributed by atoms with Gasteiger partial charge in [-0.25, -0.2) is 9.18 Å². The molecule has 1 aromatic carbocycles. The summed E-state index contributed by atoms with van der Waals surface area (Å²) >= 11 is 0. The van der Waals surface area contributed by atoms with Crippen molar-refractivity contribution in [1.82, 2.24) is 4.90 Å². The van der Waals surface area contributed by atoms with Crippen LogP contribution >= 0.6 is 0 Å². The lowest BCUT2D eigenvalue weighted by Crippen LogP contribution is -2.43. The summed E-state index contributed by atoms with van der Waals surface area (Å²) in [5, 5.41) is 19.7. The molecular formula is C26H32FNO5. The number of hydrogen-bond donors (Lipinski definition) is 2. The van der Waals surface area contributed by atoms with E-state index in [1.807, 2.05) is 0 Å². The minimum atomic E-state index is -1.19. The molecule has 1 aromatic rings. The van der Waals surface area contributed by atoms with Crippen LogP contribution in [0.2, 0.25) is 0 Å². The number of carboxylic acids is 1. The maximum Gasteiger partial charge on any atom is 0.326 e. The van der Waals surface area contributed by atoms with Gasteiger partial charge in [-0.3, -0.25) is 4.79 Å². The fourth-order valence-corrected chi connectivity index (χ4v) is 6.23. The fourth-order valence-electron chi connectivity index (χ4n) is 6.23. The van der Waals surface area contributed by atoms with E-state index in [0.717, 1.165) is 49.0 Å². The summed E-state index contributed by atoms with van der Waals surface area (Å²) in [7, 11) is 0. The molecule has 1 amide bonds. The standard InChI is InChI=1S/C26H32FNO5/c1-14-7-16-5-6-26(10-14,11-16)13-33-22-9-20(27)19(8-18(22)17-3-4-17)24(30)28-12-21(29)15(2)23(28)25(31)32/h5,8-9,14-15,17,21,23,29H,3-4,6-7,10-13H2,1-2H3,(H,31,32)/t14?,15-,21+,23-,26?/m0/s1. The molecule has 1 saturated heterocycles. The Bertz CT molecular complexity index is 1020. The molecule has 4 aliphatic rings. The van der Waals surface area contributed by atoms with Crippen LogP contribution in [0.25, 0.3) is 0 Å². The van der Waals surface area contributed by atoms with Gasteiger partial charge in [-0.2, -0.15) is 0 Å². The molecule has 3 fully saturated rings. The number of carbonyl (C=O) groups is 2. The Morgan fingerprint density at radius 1 is 1.27 bits per heavy atom. The monoisotopic (exact) mass is 457 g/mol. The summed E-state index contributed by atoms with van der Waals surface area (Å²) in [6, 6.07) is 1.68. The third-order valence-electron chi connectivity index (χ3n) is 8.04. The number of rotatable bonds is 6. The van der Waals surface area contributed by atoms with Crippen LogP contribution < -0.4 is 4.74 Å². The molecule has 0 aromatic heterocycles. The molecule has 2 saturated carbocycles. The highest BCUT2D eigenvalue weighted by Crippen LogP contribution is 2.51. The number of carboxylic acid groups (broad SMARTS) is 1. The van der Waals surface area contributed by atoms with Gasteiger partial charge in [0, 0.05) is 23.9 Å². The number of benzene rings is 1. The Hall–Kier alpha value is -2.41. The number of aliphatic hydroxyl groups excluding tert-OH is 1. The highest BCUT2D eigenvalue weighted by molar-refractivity contribution is 5.97. The topological polar surface area (TPSA) is 87.1 Å². The van der Waals surface area contributed by atoms with Crippen molar-refractivity contribution >= 4 is 11.9 Å². The first-order valence-electron chi connectivity index (χ1n) is 12.0. The number of fused-ring (bicyclic) bond motifs is 2. The zero-order valence-corrected chi connectivity index (χ0v) is 19.2. The number of β-amino-alcohol motifs (C(OH)–C–C–N with tert-alkyl or cyclic N) is 1. The molecule has 5 atom stereocenters. The molecule has 2 N–H and O–H groups in total. The van der Waals surface area contributed by atoms with Crippen LogP contribution in [-0.2, 0) is 4.79 Å². The maximum absolute atomic E-state index is 15.2. The van der Waals surface area contributed by atoms with E-state index < -0.39 is 35.8 Å². The fraction of sp³-hybridized carbons (Fsp3) is 0.615. The number of aliphatic hydroxyl groups is 1. The van der Waals surface area contributed by atoms with Crippen molar-refractivity contribution in [1.29, 1.82) is 0 Å². The number of ether oxygens (including phenoxy) is 1. The van der Waals surface area contributed by atoms with Gasteiger partial charge in [-0.1, -0.05) is 25.5 Å². The lowest BCUT2D eigenvalue weighted by molar-refractivity contribution is -0.142. The van der Waals surface area contributed by atoms with Crippen LogP contribution in [0.4, 0.5) is 4.39 Å². The van der Waals surface area contributed by atoms with E-state index in [4.69, 9.17) is 4.74 Å². The third kappa shape index (κ3) is 4.05. The first-order valence-corrected chi connectivity index (χ1v) is 12.0. The number of aliphatic carboxylic acids is 1. The molecule has 6 nitrogen and oxygen atoms in total. The molecule has 1 heterocycles. The van der Waals surface area contributed by atoms with Crippen molar-refractivity contribution in [3.05, 3.63) is 40.7 Å². The second-order valence-corrected chi connectivity index (χ2v) is 10.9. The second kappa shape index (κ2) is 8.12. The van der Waals surface area contributed by atoms with Gasteiger partial charge in [0.2, 0.25) is 0 Å². The number of halogens is 1. The Kier molecular flexibility index (Phi) is 5.51. The summed E-state index contributed by atoms with van der Waals surface area (Å²) in [4.78, 5) is 26.0. The summed E-state index contributed by atoms with van der Waals surface area (Å²) < 4.78 is 21.5. The van der Waals surface area contributed by atoms with E-state index >= 15 is 4.39 Å². The van der Waals surface area contributed by atoms with Crippen molar-refractivity contribution in [2.45, 2.75) is 70.4 Å². The summed E-state index contributed by atoms with van der Waals surface area (Å²) in [6.45, 7) is 4.27. The van der Waals surface area contributed by atoms with Crippen LogP contribution in [0.15, 0.2) is 23.8 Å². The molecule has 0 spiro atoms. The summed E-state index contributed by atoms with van der Waals surface area (Å²) in [5.74, 6) is -1.87. The summed E-state index contributed by atoms with van der Waals surface area (Å²) in [6.07, 6.45) is 7.59. The van der Waals surface area contributed by atoms with Gasteiger partial charge in [-0.05, 0) is 62.0 Å². The minimum absolute atomic E-state index is 0.0787. The smallest absolute Gasteiger partial charge is 0.326 e. The lowest BCUT2D eigenvalue weighted by atomic mass is 9.72. The molecular weight excluding hydrogens is 425 g/mol. The van der Waals surface area contributed by atoms with E-state index in [2.05, 4.69) is 13.0 Å². The van der Waals surface area contributed by atoms with Gasteiger partial charge in [-0.15, -0.1) is 0 Å². The van der Waals surface area contributed by atoms with Crippen LogP contribution in [0, 0.1) is 23.1 Å². The van der Waals surface area contributed by atoms with Crippen molar-refractivity contribution in [3.63, 3.8) is 0 Å². The van der Waals surface area contributed by atoms with E-state index in [9.17, 15) is 19.8 Å². The van der Waals surface area contributed by atoms with Gasteiger partial charge in [0.1, 0.15) is 17.6 Å². The van der Waals surface area contributed by atoms with E-state index in [0.29, 0.717) is 18.3 Å². The van der Waals surface area contributed by atoms with Crippen LogP contribution in [0.5, 0.6) is 5.75 Å². The molecule has 33 heavy (non-hydrogen) atoms. The van der Waals surface area contributed by atoms with Gasteiger partial charge < -0.3 is 19.8 Å². The Morgan fingerprint density at radius 2 is 2.03 bits per heavy atom. The SMILES string of the molecule is CC1CC2=CCC(COc3cc(F)c(C(=O)N4C[C@@H](O)[C@H](C)[C@H]4C(=O)O)cc3C3CC3)(C2)C1. The molecule has 7 heteroatoms. The minimum Gasteiger partial charge on any atom is -0.493 e. The van der Waals surface area contributed by atoms with Crippen molar-refractivity contribution in [2.24, 2.45) is 17.3 Å². The first-order chi connectivity index (χ1) is 15.7. The van der Waals surface area contributed by atoms with E-state index in [1.54, 1.807) is 13.0 Å². The average Bonchev–Trinajstić information content (AvgIpc) is 3.49.